The van der Waals surface area contributed by atoms with Crippen molar-refractivity contribution in [1.29, 1.82) is 0 Å². The lowest BCUT2D eigenvalue weighted by Crippen LogP contribution is -2.45. The summed E-state index contributed by atoms with van der Waals surface area (Å²) >= 11 is 0. The minimum absolute atomic E-state index is 0.0307. The van der Waals surface area contributed by atoms with Gasteiger partial charge in [-0.05, 0) is 60.4 Å². The third kappa shape index (κ3) is 5.40. The molecule has 1 saturated heterocycles. The van der Waals surface area contributed by atoms with Crippen molar-refractivity contribution in [2.75, 3.05) is 19.6 Å². The van der Waals surface area contributed by atoms with Gasteiger partial charge in [0, 0.05) is 25.2 Å². The average molecular weight is 399 g/mol. The number of nitrogens with one attached hydrogen (secondary N) is 1. The van der Waals surface area contributed by atoms with E-state index in [0.29, 0.717) is 18.7 Å². The van der Waals surface area contributed by atoms with Crippen LogP contribution in [0.5, 0.6) is 0 Å². The summed E-state index contributed by atoms with van der Waals surface area (Å²) in [6, 6.07) is 5.50. The van der Waals surface area contributed by atoms with Crippen LogP contribution in [0.3, 0.4) is 0 Å². The molecule has 0 bridgehead atoms. The lowest BCUT2D eigenvalue weighted by Gasteiger charge is -2.32. The monoisotopic (exact) mass is 398 g/mol. The molecule has 156 valence electrons. The Kier molecular flexibility index (Phi) is 7.32. The number of piperidine rings is 1. The molecule has 3 rings (SSSR count). The maximum Gasteiger partial charge on any atom is 0.253 e. The van der Waals surface area contributed by atoms with Gasteiger partial charge in [0.1, 0.15) is 6.33 Å². The van der Waals surface area contributed by atoms with Crippen LogP contribution in [0.25, 0.3) is 5.69 Å². The number of benzene rings is 1. The van der Waals surface area contributed by atoms with Crippen LogP contribution in [0.2, 0.25) is 0 Å². The van der Waals surface area contributed by atoms with Crippen LogP contribution >= 0.6 is 0 Å². The molecule has 1 atom stereocenters. The topological polar surface area (TPSA) is 93.0 Å². The summed E-state index contributed by atoms with van der Waals surface area (Å²) in [4.78, 5) is 27.3. The number of tetrazole rings is 1. The standard InChI is InChI=1S/C21H30N6O2/c1-3-4-5-6-11-22-20(28)18-8-7-12-26(14-18)21(29)17-9-10-19(16(2)13-17)27-15-23-24-25-27/h9-10,13,15,18H,3-8,11-12,14H2,1-2H3,(H,22,28). The summed E-state index contributed by atoms with van der Waals surface area (Å²) in [6.07, 6.45) is 7.76. The van der Waals surface area contributed by atoms with E-state index in [-0.39, 0.29) is 17.7 Å². The minimum Gasteiger partial charge on any atom is -0.356 e. The highest BCUT2D eigenvalue weighted by molar-refractivity contribution is 5.95. The Morgan fingerprint density at radius 3 is 2.83 bits per heavy atom. The van der Waals surface area contributed by atoms with Crippen LogP contribution in [0.4, 0.5) is 0 Å². The highest BCUT2D eigenvalue weighted by atomic mass is 16.2. The molecule has 1 aromatic heterocycles. The van der Waals surface area contributed by atoms with Gasteiger partial charge in [0.2, 0.25) is 5.91 Å². The average Bonchev–Trinajstić information content (AvgIpc) is 3.27. The second-order valence-electron chi connectivity index (χ2n) is 7.70. The maximum absolute atomic E-state index is 13.0. The van der Waals surface area contributed by atoms with Crippen LogP contribution in [0.1, 0.15) is 61.4 Å². The van der Waals surface area contributed by atoms with Crippen molar-refractivity contribution >= 4 is 11.8 Å². The molecule has 1 aliphatic rings. The van der Waals surface area contributed by atoms with Gasteiger partial charge in [0.05, 0.1) is 11.6 Å². The zero-order valence-electron chi connectivity index (χ0n) is 17.3. The normalized spacial score (nSPS) is 16.6. The maximum atomic E-state index is 13.0. The van der Waals surface area contributed by atoms with E-state index in [1.165, 1.54) is 19.2 Å². The zero-order valence-corrected chi connectivity index (χ0v) is 17.3. The number of unbranched alkanes of at least 4 members (excludes halogenated alkanes) is 3. The Morgan fingerprint density at radius 1 is 1.24 bits per heavy atom. The molecule has 2 heterocycles. The van der Waals surface area contributed by atoms with Crippen molar-refractivity contribution in [3.8, 4) is 5.69 Å². The first-order chi connectivity index (χ1) is 14.1. The predicted molar refractivity (Wildman–Crippen MR) is 110 cm³/mol. The molecule has 2 amide bonds. The number of carbonyl (C=O) groups is 2. The third-order valence-electron chi connectivity index (χ3n) is 5.45. The Morgan fingerprint density at radius 2 is 2.10 bits per heavy atom. The molecule has 1 aromatic carbocycles. The highest BCUT2D eigenvalue weighted by Crippen LogP contribution is 2.21. The smallest absolute Gasteiger partial charge is 0.253 e. The SMILES string of the molecule is CCCCCCNC(=O)C1CCCN(C(=O)c2ccc(-n3cnnn3)c(C)c2)C1. The Labute approximate surface area is 171 Å². The largest absolute Gasteiger partial charge is 0.356 e. The Hall–Kier alpha value is -2.77. The number of likely N-dealkylation sites (tertiary alicyclic amines) is 1. The summed E-state index contributed by atoms with van der Waals surface area (Å²) in [7, 11) is 0. The molecular weight excluding hydrogens is 368 g/mol. The molecule has 29 heavy (non-hydrogen) atoms. The molecule has 8 nitrogen and oxygen atoms in total. The van der Waals surface area contributed by atoms with Crippen molar-refractivity contribution in [3.63, 3.8) is 0 Å². The Bertz CT molecular complexity index is 821. The predicted octanol–water partition coefficient (Wildman–Crippen LogP) is 2.52. The van der Waals surface area contributed by atoms with Crippen LogP contribution in [0, 0.1) is 12.8 Å². The van der Waals surface area contributed by atoms with E-state index in [9.17, 15) is 9.59 Å². The van der Waals surface area contributed by atoms with E-state index in [1.807, 2.05) is 19.1 Å². The van der Waals surface area contributed by atoms with Gasteiger partial charge in [-0.3, -0.25) is 9.59 Å². The van der Waals surface area contributed by atoms with E-state index in [2.05, 4.69) is 27.8 Å². The fourth-order valence-corrected chi connectivity index (χ4v) is 3.78. The molecule has 1 unspecified atom stereocenters. The summed E-state index contributed by atoms with van der Waals surface area (Å²) in [5, 5.41) is 14.2. The summed E-state index contributed by atoms with van der Waals surface area (Å²) < 4.78 is 1.57. The van der Waals surface area contributed by atoms with Gasteiger partial charge < -0.3 is 10.2 Å². The molecule has 0 radical (unpaired) electrons. The van der Waals surface area contributed by atoms with E-state index in [1.54, 1.807) is 15.6 Å². The van der Waals surface area contributed by atoms with Crippen LogP contribution in [0.15, 0.2) is 24.5 Å². The first-order valence-electron chi connectivity index (χ1n) is 10.5. The molecule has 2 aromatic rings. The summed E-state index contributed by atoms with van der Waals surface area (Å²) in [5.41, 5.74) is 2.38. The first-order valence-corrected chi connectivity index (χ1v) is 10.5. The molecule has 0 aliphatic carbocycles. The first kappa shape index (κ1) is 21.0. The zero-order chi connectivity index (χ0) is 20.6. The lowest BCUT2D eigenvalue weighted by molar-refractivity contribution is -0.126. The van der Waals surface area contributed by atoms with Gasteiger partial charge in [0.25, 0.3) is 5.91 Å². The summed E-state index contributed by atoms with van der Waals surface area (Å²) in [5.74, 6) is -0.0820. The van der Waals surface area contributed by atoms with Crippen molar-refractivity contribution in [1.82, 2.24) is 30.4 Å². The second kappa shape index (κ2) is 10.1. The quantitative estimate of drug-likeness (QED) is 0.690. The number of nitrogens with zero attached hydrogens (tertiary/aromatic N) is 5. The number of aryl methyl sites for hydroxylation is 1. The van der Waals surface area contributed by atoms with Crippen molar-refractivity contribution in [3.05, 3.63) is 35.7 Å². The number of amides is 2. The highest BCUT2D eigenvalue weighted by Gasteiger charge is 2.29. The fraction of sp³-hybridized carbons (Fsp3) is 0.571. The molecule has 1 aliphatic heterocycles. The van der Waals surface area contributed by atoms with Crippen molar-refractivity contribution in [2.24, 2.45) is 5.92 Å². The van der Waals surface area contributed by atoms with Gasteiger partial charge in [-0.15, -0.1) is 5.10 Å². The number of hydrogen-bond donors (Lipinski definition) is 1. The van der Waals surface area contributed by atoms with Crippen molar-refractivity contribution < 1.29 is 9.59 Å². The number of aromatic nitrogens is 4. The van der Waals surface area contributed by atoms with Crippen LogP contribution in [-0.2, 0) is 4.79 Å². The number of hydrogen-bond acceptors (Lipinski definition) is 5. The van der Waals surface area contributed by atoms with Crippen LogP contribution in [-0.4, -0.2) is 56.6 Å². The molecule has 1 N–H and O–H groups in total. The van der Waals surface area contributed by atoms with E-state index >= 15 is 0 Å². The van der Waals surface area contributed by atoms with Crippen LogP contribution < -0.4 is 5.32 Å². The molecule has 8 heteroatoms. The fourth-order valence-electron chi connectivity index (χ4n) is 3.78. The van der Waals surface area contributed by atoms with Gasteiger partial charge in [0.15, 0.2) is 0 Å². The van der Waals surface area contributed by atoms with E-state index in [4.69, 9.17) is 0 Å². The second-order valence-corrected chi connectivity index (χ2v) is 7.70. The Balaban J connectivity index is 1.58. The minimum atomic E-state index is -0.125. The van der Waals surface area contributed by atoms with Gasteiger partial charge in [-0.1, -0.05) is 26.2 Å². The van der Waals surface area contributed by atoms with Gasteiger partial charge in [-0.25, -0.2) is 4.68 Å². The summed E-state index contributed by atoms with van der Waals surface area (Å²) in [6.45, 7) is 5.99. The van der Waals surface area contributed by atoms with E-state index < -0.39 is 0 Å². The molecular formula is C21H30N6O2. The molecule has 1 fully saturated rings. The number of rotatable bonds is 8. The number of carbonyl (C=O) groups excluding carboxylic acids is 2. The van der Waals surface area contributed by atoms with Gasteiger partial charge in [-0.2, -0.15) is 0 Å². The van der Waals surface area contributed by atoms with Gasteiger partial charge >= 0.3 is 0 Å². The lowest BCUT2D eigenvalue weighted by atomic mass is 9.96. The van der Waals surface area contributed by atoms with Crippen molar-refractivity contribution in [2.45, 2.75) is 52.4 Å². The molecule has 0 saturated carbocycles. The molecule has 0 spiro atoms. The van der Waals surface area contributed by atoms with E-state index in [0.717, 1.165) is 43.5 Å². The third-order valence-corrected chi connectivity index (χ3v) is 5.45.